The van der Waals surface area contributed by atoms with Gasteiger partial charge in [0.05, 0.1) is 10.6 Å². The van der Waals surface area contributed by atoms with Crippen molar-refractivity contribution in [3.05, 3.63) is 47.0 Å². The Balaban J connectivity index is 2.14. The lowest BCUT2D eigenvalue weighted by atomic mass is 10.2. The van der Waals surface area contributed by atoms with Gasteiger partial charge in [-0.1, -0.05) is 36.8 Å². The van der Waals surface area contributed by atoms with Gasteiger partial charge in [-0.15, -0.1) is 0 Å². The van der Waals surface area contributed by atoms with E-state index in [2.05, 4.69) is 28.7 Å². The summed E-state index contributed by atoms with van der Waals surface area (Å²) in [6.07, 6.45) is 6.39. The highest BCUT2D eigenvalue weighted by molar-refractivity contribution is 6.30. The first-order chi connectivity index (χ1) is 9.70. The van der Waals surface area contributed by atoms with Crippen molar-refractivity contribution in [3.8, 4) is 23.2 Å². The topological polar surface area (TPSA) is 25.8 Å². The summed E-state index contributed by atoms with van der Waals surface area (Å²) in [5, 5.41) is 0.0900. The normalized spacial score (nSPS) is 9.95. The molecule has 4 heteroatoms. The van der Waals surface area contributed by atoms with E-state index in [9.17, 15) is 4.39 Å². The van der Waals surface area contributed by atoms with Gasteiger partial charge in [-0.25, -0.2) is 14.4 Å². The lowest BCUT2D eigenvalue weighted by molar-refractivity contribution is 0.628. The molecule has 0 bridgehead atoms. The Bertz CT molecular complexity index is 642. The van der Waals surface area contributed by atoms with Crippen molar-refractivity contribution in [2.24, 2.45) is 0 Å². The summed E-state index contributed by atoms with van der Waals surface area (Å²) in [6, 6.07) is 4.51. The smallest absolute Gasteiger partial charge is 0.159 e. The molecule has 0 aliphatic rings. The van der Waals surface area contributed by atoms with Crippen LogP contribution in [-0.4, -0.2) is 9.97 Å². The Morgan fingerprint density at radius 1 is 1.25 bits per heavy atom. The van der Waals surface area contributed by atoms with Crippen LogP contribution in [0.1, 0.15) is 31.7 Å². The zero-order valence-corrected chi connectivity index (χ0v) is 11.9. The zero-order chi connectivity index (χ0) is 14.4. The van der Waals surface area contributed by atoms with Gasteiger partial charge >= 0.3 is 0 Å². The number of benzene rings is 1. The molecule has 0 spiro atoms. The minimum absolute atomic E-state index is 0.0900. The summed E-state index contributed by atoms with van der Waals surface area (Å²) in [5.41, 5.74) is 1.36. The molecule has 102 valence electrons. The van der Waals surface area contributed by atoms with E-state index in [4.69, 9.17) is 11.6 Å². The van der Waals surface area contributed by atoms with Gasteiger partial charge in [-0.05, 0) is 24.6 Å². The minimum atomic E-state index is -0.476. The third-order valence-electron chi connectivity index (χ3n) is 2.72. The molecule has 0 fully saturated rings. The molecule has 2 nitrogen and oxygen atoms in total. The van der Waals surface area contributed by atoms with Crippen LogP contribution >= 0.6 is 11.6 Å². The fourth-order valence-corrected chi connectivity index (χ4v) is 1.72. The van der Waals surface area contributed by atoms with Gasteiger partial charge in [-0.2, -0.15) is 0 Å². The fraction of sp³-hybridized carbons (Fsp3) is 0.250. The van der Waals surface area contributed by atoms with Crippen LogP contribution in [0.15, 0.2) is 30.6 Å². The number of aromatic nitrogens is 2. The van der Waals surface area contributed by atoms with E-state index in [-0.39, 0.29) is 5.02 Å². The lowest BCUT2D eigenvalue weighted by Gasteiger charge is -2.01. The van der Waals surface area contributed by atoms with Crippen molar-refractivity contribution in [2.45, 2.75) is 26.2 Å². The Morgan fingerprint density at radius 3 is 2.65 bits per heavy atom. The molecule has 20 heavy (non-hydrogen) atoms. The van der Waals surface area contributed by atoms with Gasteiger partial charge in [-0.3, -0.25) is 0 Å². The van der Waals surface area contributed by atoms with Crippen LogP contribution in [-0.2, 0) is 0 Å². The molecule has 0 aliphatic heterocycles. The molecule has 0 aliphatic carbocycles. The highest BCUT2D eigenvalue weighted by Gasteiger charge is 2.05. The quantitative estimate of drug-likeness (QED) is 0.615. The molecule has 0 radical (unpaired) electrons. The number of unbranched alkanes of at least 4 members (excludes halogenated alkanes) is 2. The zero-order valence-electron chi connectivity index (χ0n) is 11.2. The summed E-state index contributed by atoms with van der Waals surface area (Å²) in [6.45, 7) is 2.13. The first kappa shape index (κ1) is 14.5. The first-order valence-corrected chi connectivity index (χ1v) is 6.85. The highest BCUT2D eigenvalue weighted by Crippen LogP contribution is 2.21. The number of hydrogen-bond acceptors (Lipinski definition) is 2. The van der Waals surface area contributed by atoms with Gasteiger partial charge < -0.3 is 0 Å². The van der Waals surface area contributed by atoms with E-state index in [1.165, 1.54) is 12.1 Å². The van der Waals surface area contributed by atoms with Gasteiger partial charge in [0, 0.05) is 24.4 Å². The van der Waals surface area contributed by atoms with Gasteiger partial charge in [0.2, 0.25) is 0 Å². The average Bonchev–Trinajstić information content (AvgIpc) is 2.47. The molecule has 0 saturated carbocycles. The van der Waals surface area contributed by atoms with Gasteiger partial charge in [0.25, 0.3) is 0 Å². The number of rotatable bonds is 3. The van der Waals surface area contributed by atoms with Crippen molar-refractivity contribution in [1.82, 2.24) is 9.97 Å². The molecule has 1 aromatic carbocycles. The third-order valence-corrected chi connectivity index (χ3v) is 3.02. The Morgan fingerprint density at radius 2 is 2.00 bits per heavy atom. The Hall–Kier alpha value is -1.92. The SMILES string of the molecule is CCCCC#Cc1cnc(-c2ccc(Cl)c(F)c2)nc1. The van der Waals surface area contributed by atoms with E-state index in [1.54, 1.807) is 18.5 Å². The van der Waals surface area contributed by atoms with E-state index in [1.807, 2.05) is 0 Å². The Kier molecular flexibility index (Phi) is 5.09. The van der Waals surface area contributed by atoms with Gasteiger partial charge in [0.1, 0.15) is 5.82 Å². The van der Waals surface area contributed by atoms with Crippen LogP contribution in [0, 0.1) is 17.7 Å². The fourth-order valence-electron chi connectivity index (χ4n) is 1.61. The van der Waals surface area contributed by atoms with E-state index >= 15 is 0 Å². The van der Waals surface area contributed by atoms with Crippen LogP contribution < -0.4 is 0 Å². The summed E-state index contributed by atoms with van der Waals surface area (Å²) in [5.74, 6) is 6.06. The van der Waals surface area contributed by atoms with Crippen molar-refractivity contribution >= 4 is 11.6 Å². The molecule has 2 aromatic rings. The summed E-state index contributed by atoms with van der Waals surface area (Å²) in [4.78, 5) is 8.39. The minimum Gasteiger partial charge on any atom is -0.235 e. The van der Waals surface area contributed by atoms with Crippen LogP contribution in [0.2, 0.25) is 5.02 Å². The van der Waals surface area contributed by atoms with Crippen LogP contribution in [0.5, 0.6) is 0 Å². The number of hydrogen-bond donors (Lipinski definition) is 0. The Labute approximate surface area is 123 Å². The predicted octanol–water partition coefficient (Wildman–Crippen LogP) is 4.48. The lowest BCUT2D eigenvalue weighted by Crippen LogP contribution is -1.90. The first-order valence-electron chi connectivity index (χ1n) is 6.47. The average molecular weight is 289 g/mol. The van der Waals surface area contributed by atoms with Crippen LogP contribution in [0.4, 0.5) is 4.39 Å². The monoisotopic (exact) mass is 288 g/mol. The van der Waals surface area contributed by atoms with Crippen molar-refractivity contribution in [3.63, 3.8) is 0 Å². The molecule has 0 saturated heterocycles. The molecular weight excluding hydrogens is 275 g/mol. The molecule has 0 atom stereocenters. The summed E-state index contributed by atoms with van der Waals surface area (Å²) in [7, 11) is 0. The second-order valence-corrected chi connectivity index (χ2v) is 4.74. The molecule has 1 aromatic heterocycles. The van der Waals surface area contributed by atoms with Crippen molar-refractivity contribution < 1.29 is 4.39 Å². The standard InChI is InChI=1S/C16H14ClFN2/c1-2-3-4-5-6-12-10-19-16(20-11-12)13-7-8-14(17)15(18)9-13/h7-11H,2-4H2,1H3. The second-order valence-electron chi connectivity index (χ2n) is 4.33. The summed E-state index contributed by atoms with van der Waals surface area (Å²) < 4.78 is 13.4. The largest absolute Gasteiger partial charge is 0.235 e. The molecule has 1 heterocycles. The number of nitrogens with zero attached hydrogens (tertiary/aromatic N) is 2. The van der Waals surface area contributed by atoms with E-state index < -0.39 is 5.82 Å². The molecule has 0 unspecified atom stereocenters. The predicted molar refractivity (Wildman–Crippen MR) is 78.8 cm³/mol. The highest BCUT2D eigenvalue weighted by atomic mass is 35.5. The second kappa shape index (κ2) is 7.02. The van der Waals surface area contributed by atoms with Crippen LogP contribution in [0.25, 0.3) is 11.4 Å². The molecule has 0 amide bonds. The molecule has 0 N–H and O–H groups in total. The van der Waals surface area contributed by atoms with Crippen molar-refractivity contribution in [1.29, 1.82) is 0 Å². The third kappa shape index (κ3) is 3.79. The van der Waals surface area contributed by atoms with E-state index in [0.717, 1.165) is 24.8 Å². The summed E-state index contributed by atoms with van der Waals surface area (Å²) >= 11 is 5.64. The number of halogens is 2. The van der Waals surface area contributed by atoms with Crippen molar-refractivity contribution in [2.75, 3.05) is 0 Å². The molecular formula is C16H14ClFN2. The maximum absolute atomic E-state index is 13.4. The molecule has 2 rings (SSSR count). The van der Waals surface area contributed by atoms with E-state index in [0.29, 0.717) is 11.4 Å². The van der Waals surface area contributed by atoms with Crippen LogP contribution in [0.3, 0.4) is 0 Å². The maximum atomic E-state index is 13.4. The van der Waals surface area contributed by atoms with Gasteiger partial charge in [0.15, 0.2) is 5.82 Å². The maximum Gasteiger partial charge on any atom is 0.159 e.